The third-order valence-electron chi connectivity index (χ3n) is 4.83. The van der Waals surface area contributed by atoms with Crippen LogP contribution in [0.15, 0.2) is 126 Å². The van der Waals surface area contributed by atoms with E-state index in [1.807, 2.05) is 127 Å². The van der Waals surface area contributed by atoms with Crippen molar-refractivity contribution in [3.63, 3.8) is 0 Å². The number of hydrogen-bond donors (Lipinski definition) is 1. The van der Waals surface area contributed by atoms with Gasteiger partial charge in [-0.15, -0.1) is 0 Å². The zero-order valence-electron chi connectivity index (χ0n) is 17.0. The Kier molecular flexibility index (Phi) is 6.46. The van der Waals surface area contributed by atoms with Gasteiger partial charge in [-0.25, -0.2) is 5.43 Å². The molecule has 0 fully saturated rings. The van der Waals surface area contributed by atoms with Gasteiger partial charge in [0.1, 0.15) is 0 Å². The van der Waals surface area contributed by atoms with E-state index in [0.717, 1.165) is 22.3 Å². The fourth-order valence-electron chi connectivity index (χ4n) is 3.17. The quantitative estimate of drug-likeness (QED) is 0.303. The zero-order chi connectivity index (χ0) is 21.3. The molecule has 0 spiro atoms. The van der Waals surface area contributed by atoms with Crippen LogP contribution in [0.2, 0.25) is 0 Å². The third-order valence-corrected chi connectivity index (χ3v) is 4.83. The fraction of sp³-hybridized carbons (Fsp3) is 0. The number of benzene rings is 4. The maximum Gasteiger partial charge on any atom is 0.271 e. The van der Waals surface area contributed by atoms with Crippen LogP contribution in [-0.4, -0.2) is 11.6 Å². The summed E-state index contributed by atoms with van der Waals surface area (Å²) in [5, 5.41) is 4.40. The fourth-order valence-corrected chi connectivity index (χ4v) is 3.17. The Hall–Kier alpha value is -4.24. The first-order chi connectivity index (χ1) is 15.3. The van der Waals surface area contributed by atoms with Crippen LogP contribution in [0.5, 0.6) is 0 Å². The molecule has 4 rings (SSSR count). The predicted molar refractivity (Wildman–Crippen MR) is 128 cm³/mol. The van der Waals surface area contributed by atoms with Crippen molar-refractivity contribution < 1.29 is 4.79 Å². The molecule has 0 aromatic heterocycles. The molecule has 0 aliphatic carbocycles. The first-order valence-corrected chi connectivity index (χ1v) is 10.1. The number of nitrogens with zero attached hydrogens (tertiary/aromatic N) is 1. The van der Waals surface area contributed by atoms with E-state index in [-0.39, 0.29) is 5.91 Å². The third kappa shape index (κ3) is 5.43. The molecule has 1 N–H and O–H groups in total. The normalized spacial score (nSPS) is 11.4. The number of carbonyl (C=O) groups is 1. The van der Waals surface area contributed by atoms with E-state index < -0.39 is 0 Å². The van der Waals surface area contributed by atoms with Crippen molar-refractivity contribution >= 4 is 17.7 Å². The molecule has 0 atom stereocenters. The van der Waals surface area contributed by atoms with Gasteiger partial charge in [-0.2, -0.15) is 5.10 Å². The molecule has 0 saturated heterocycles. The van der Waals surface area contributed by atoms with Crippen LogP contribution in [0.3, 0.4) is 0 Å². The molecule has 0 bridgehead atoms. The Morgan fingerprint density at radius 3 is 1.81 bits per heavy atom. The molecule has 0 saturated carbocycles. The van der Waals surface area contributed by atoms with Gasteiger partial charge in [-0.05, 0) is 34.9 Å². The lowest BCUT2D eigenvalue weighted by atomic mass is 10.0. The number of carbonyl (C=O) groups excluding carboxylic acids is 1. The molecule has 0 aliphatic heterocycles. The first kappa shape index (κ1) is 20.0. The molecule has 0 aliphatic rings. The summed E-state index contributed by atoms with van der Waals surface area (Å²) in [4.78, 5) is 12.7. The second-order valence-corrected chi connectivity index (χ2v) is 6.99. The lowest BCUT2D eigenvalue weighted by Crippen LogP contribution is -2.19. The summed E-state index contributed by atoms with van der Waals surface area (Å²) in [5.41, 5.74) is 8.10. The molecule has 3 nitrogen and oxygen atoms in total. The molecular formula is C28H22N2O. The Balaban J connectivity index is 1.53. The van der Waals surface area contributed by atoms with Crippen LogP contribution < -0.4 is 5.43 Å². The summed E-state index contributed by atoms with van der Waals surface area (Å²) < 4.78 is 0. The number of rotatable bonds is 6. The summed E-state index contributed by atoms with van der Waals surface area (Å²) in [5.74, 6) is -0.249. The van der Waals surface area contributed by atoms with Crippen LogP contribution >= 0.6 is 0 Å². The highest BCUT2D eigenvalue weighted by atomic mass is 16.2. The minimum absolute atomic E-state index is 0.249. The lowest BCUT2D eigenvalue weighted by molar-refractivity contribution is 0.0955. The predicted octanol–water partition coefficient (Wildman–Crippen LogP) is 6.20. The van der Waals surface area contributed by atoms with E-state index in [4.69, 9.17) is 0 Å². The SMILES string of the molecule is O=C(NN=C(C=Cc1ccccc1)c1ccccc1)c1ccc(-c2ccccc2)cc1. The average molecular weight is 402 g/mol. The van der Waals surface area contributed by atoms with Gasteiger partial charge in [0.2, 0.25) is 0 Å². The van der Waals surface area contributed by atoms with Gasteiger partial charge in [0.25, 0.3) is 5.91 Å². The molecular weight excluding hydrogens is 380 g/mol. The minimum atomic E-state index is -0.249. The summed E-state index contributed by atoms with van der Waals surface area (Å²) in [6, 6.07) is 37.4. The van der Waals surface area contributed by atoms with Gasteiger partial charge < -0.3 is 0 Å². The summed E-state index contributed by atoms with van der Waals surface area (Å²) in [7, 11) is 0. The van der Waals surface area contributed by atoms with Crippen LogP contribution in [0.25, 0.3) is 17.2 Å². The lowest BCUT2D eigenvalue weighted by Gasteiger charge is -2.06. The van der Waals surface area contributed by atoms with Gasteiger partial charge in [-0.3, -0.25) is 4.79 Å². The standard InChI is InChI=1S/C28H22N2O/c31-28(26-19-17-24(18-20-26)23-12-6-2-7-13-23)30-29-27(25-14-8-3-9-15-25)21-16-22-10-4-1-5-11-22/h1-21H,(H,30,31). The highest BCUT2D eigenvalue weighted by Crippen LogP contribution is 2.19. The monoisotopic (exact) mass is 402 g/mol. The number of amides is 1. The molecule has 1 amide bonds. The van der Waals surface area contributed by atoms with Crippen molar-refractivity contribution in [2.75, 3.05) is 0 Å². The highest BCUT2D eigenvalue weighted by molar-refractivity contribution is 6.11. The zero-order valence-corrected chi connectivity index (χ0v) is 17.0. The van der Waals surface area contributed by atoms with Crippen molar-refractivity contribution in [1.82, 2.24) is 5.43 Å². The second kappa shape index (κ2) is 9.99. The van der Waals surface area contributed by atoms with Gasteiger partial charge in [-0.1, -0.05) is 109 Å². The Bertz CT molecular complexity index is 1180. The van der Waals surface area contributed by atoms with Gasteiger partial charge >= 0.3 is 0 Å². The minimum Gasteiger partial charge on any atom is -0.267 e. The number of hydrazone groups is 1. The van der Waals surface area contributed by atoms with Crippen molar-refractivity contribution in [2.45, 2.75) is 0 Å². The number of hydrogen-bond acceptors (Lipinski definition) is 2. The van der Waals surface area contributed by atoms with Crippen LogP contribution in [0.1, 0.15) is 21.5 Å². The number of allylic oxidation sites excluding steroid dienone is 1. The van der Waals surface area contributed by atoms with E-state index in [2.05, 4.69) is 10.5 Å². The highest BCUT2D eigenvalue weighted by Gasteiger charge is 2.06. The van der Waals surface area contributed by atoms with Crippen molar-refractivity contribution in [3.05, 3.63) is 138 Å². The van der Waals surface area contributed by atoms with Gasteiger partial charge in [0.05, 0.1) is 5.71 Å². The molecule has 0 heterocycles. The average Bonchev–Trinajstić information content (AvgIpc) is 2.86. The van der Waals surface area contributed by atoms with Crippen LogP contribution in [-0.2, 0) is 0 Å². The first-order valence-electron chi connectivity index (χ1n) is 10.1. The Morgan fingerprint density at radius 2 is 1.16 bits per heavy atom. The van der Waals surface area contributed by atoms with Crippen molar-refractivity contribution in [3.8, 4) is 11.1 Å². The maximum atomic E-state index is 12.7. The summed E-state index contributed by atoms with van der Waals surface area (Å²) >= 11 is 0. The van der Waals surface area contributed by atoms with Crippen LogP contribution in [0.4, 0.5) is 0 Å². The topological polar surface area (TPSA) is 41.5 Å². The van der Waals surface area contributed by atoms with Crippen molar-refractivity contribution in [1.29, 1.82) is 0 Å². The molecule has 31 heavy (non-hydrogen) atoms. The molecule has 0 unspecified atom stereocenters. The van der Waals surface area contributed by atoms with E-state index >= 15 is 0 Å². The molecule has 150 valence electrons. The van der Waals surface area contributed by atoms with Gasteiger partial charge in [0.15, 0.2) is 0 Å². The molecule has 4 aromatic carbocycles. The summed E-state index contributed by atoms with van der Waals surface area (Å²) in [6.45, 7) is 0. The van der Waals surface area contributed by atoms with E-state index in [9.17, 15) is 4.79 Å². The van der Waals surface area contributed by atoms with Gasteiger partial charge in [0, 0.05) is 11.1 Å². The smallest absolute Gasteiger partial charge is 0.267 e. The molecule has 0 radical (unpaired) electrons. The van der Waals surface area contributed by atoms with E-state index in [0.29, 0.717) is 11.3 Å². The largest absolute Gasteiger partial charge is 0.271 e. The van der Waals surface area contributed by atoms with Crippen molar-refractivity contribution in [2.24, 2.45) is 5.10 Å². The Labute approximate surface area is 182 Å². The van der Waals surface area contributed by atoms with E-state index in [1.54, 1.807) is 0 Å². The molecule has 3 heteroatoms. The van der Waals surface area contributed by atoms with Crippen LogP contribution in [0, 0.1) is 0 Å². The maximum absolute atomic E-state index is 12.7. The second-order valence-electron chi connectivity index (χ2n) is 6.99. The molecule has 4 aromatic rings. The Morgan fingerprint density at radius 1 is 0.613 bits per heavy atom. The van der Waals surface area contributed by atoms with E-state index in [1.165, 1.54) is 0 Å². The summed E-state index contributed by atoms with van der Waals surface area (Å²) in [6.07, 6.45) is 3.89. The number of nitrogens with one attached hydrogen (secondary N) is 1.